The summed E-state index contributed by atoms with van der Waals surface area (Å²) >= 11 is 0. The maximum absolute atomic E-state index is 13.6. The molecule has 0 aliphatic carbocycles. The summed E-state index contributed by atoms with van der Waals surface area (Å²) in [4.78, 5) is 15.3. The molecule has 9 heteroatoms. The smallest absolute Gasteiger partial charge is 0.248 e. The zero-order valence-electron chi connectivity index (χ0n) is 21.3. The fourth-order valence-electron chi connectivity index (χ4n) is 4.90. The fraction of sp³-hybridized carbons (Fsp3) is 0.357. The van der Waals surface area contributed by atoms with Crippen LogP contribution in [0.2, 0.25) is 0 Å². The molecule has 0 N–H and O–H groups in total. The van der Waals surface area contributed by atoms with Gasteiger partial charge in [-0.15, -0.1) is 0 Å². The van der Waals surface area contributed by atoms with Gasteiger partial charge >= 0.3 is 0 Å². The quantitative estimate of drug-likeness (QED) is 0.487. The van der Waals surface area contributed by atoms with E-state index in [4.69, 9.17) is 9.26 Å². The molecule has 0 radical (unpaired) electrons. The molecule has 1 fully saturated rings. The third-order valence-electron chi connectivity index (χ3n) is 6.98. The van der Waals surface area contributed by atoms with Gasteiger partial charge in [0.15, 0.2) is 10.7 Å². The highest BCUT2D eigenvalue weighted by molar-refractivity contribution is 7.89. The van der Waals surface area contributed by atoms with Crippen molar-refractivity contribution in [3.8, 4) is 5.75 Å². The van der Waals surface area contributed by atoms with E-state index in [1.54, 1.807) is 17.9 Å². The minimum absolute atomic E-state index is 0.0232. The summed E-state index contributed by atoms with van der Waals surface area (Å²) in [7, 11) is -3.84. The second-order valence-corrected chi connectivity index (χ2v) is 11.6. The van der Waals surface area contributed by atoms with E-state index in [2.05, 4.69) is 5.16 Å². The van der Waals surface area contributed by atoms with Crippen LogP contribution in [0.3, 0.4) is 0 Å². The molecule has 0 saturated carbocycles. The molecule has 0 unspecified atom stereocenters. The number of anilines is 1. The van der Waals surface area contributed by atoms with Crippen molar-refractivity contribution in [1.82, 2.24) is 9.46 Å². The molecule has 2 aromatic carbocycles. The molecule has 2 aliphatic rings. The first-order chi connectivity index (χ1) is 17.7. The number of amides is 1. The van der Waals surface area contributed by atoms with E-state index in [0.717, 1.165) is 22.4 Å². The van der Waals surface area contributed by atoms with Crippen molar-refractivity contribution in [3.63, 3.8) is 0 Å². The molecule has 3 heterocycles. The van der Waals surface area contributed by atoms with Crippen LogP contribution in [0, 0.1) is 26.7 Å². The predicted octanol–water partition coefficient (Wildman–Crippen LogP) is 4.60. The van der Waals surface area contributed by atoms with Crippen LogP contribution in [0.5, 0.6) is 5.75 Å². The van der Waals surface area contributed by atoms with Gasteiger partial charge in [-0.05, 0) is 62.9 Å². The summed E-state index contributed by atoms with van der Waals surface area (Å²) in [6.07, 6.45) is 4.36. The molecule has 3 aromatic rings. The zero-order chi connectivity index (χ0) is 26.2. The number of ether oxygens (including phenoxy) is 1. The van der Waals surface area contributed by atoms with Gasteiger partial charge in [-0.1, -0.05) is 47.1 Å². The maximum Gasteiger partial charge on any atom is 0.248 e. The van der Waals surface area contributed by atoms with E-state index in [9.17, 15) is 13.2 Å². The standard InChI is InChI=1S/C28H31N3O5S/c1-19-4-7-22(8-5-19)9-11-26-27(21(3)29-36-26)37(33,34)30-14-12-23(13-15-30)28(32)31-16-17-35-25-10-6-20(2)18-24(25)31/h4-11,18,23H,12-17H2,1-3H3/b11-9+. The van der Waals surface area contributed by atoms with Gasteiger partial charge in [-0.25, -0.2) is 8.42 Å². The Morgan fingerprint density at radius 3 is 2.41 bits per heavy atom. The van der Waals surface area contributed by atoms with Gasteiger partial charge in [0.1, 0.15) is 18.1 Å². The number of aromatic nitrogens is 1. The minimum atomic E-state index is -3.84. The third-order valence-corrected chi connectivity index (χ3v) is 9.04. The molecule has 0 atom stereocenters. The van der Waals surface area contributed by atoms with Crippen molar-refractivity contribution in [1.29, 1.82) is 0 Å². The van der Waals surface area contributed by atoms with Crippen LogP contribution >= 0.6 is 0 Å². The van der Waals surface area contributed by atoms with Gasteiger partial charge in [0.25, 0.3) is 0 Å². The lowest BCUT2D eigenvalue weighted by Gasteiger charge is -2.36. The van der Waals surface area contributed by atoms with Crippen molar-refractivity contribution in [2.24, 2.45) is 5.92 Å². The minimum Gasteiger partial charge on any atom is -0.490 e. The first kappa shape index (κ1) is 25.2. The number of fused-ring (bicyclic) bond motifs is 1. The lowest BCUT2D eigenvalue weighted by Crippen LogP contribution is -2.46. The van der Waals surface area contributed by atoms with Crippen LogP contribution < -0.4 is 9.64 Å². The first-order valence-corrected chi connectivity index (χ1v) is 13.9. The fourth-order valence-corrected chi connectivity index (χ4v) is 6.62. The number of rotatable bonds is 5. The van der Waals surface area contributed by atoms with Crippen LogP contribution in [0.25, 0.3) is 12.2 Å². The van der Waals surface area contributed by atoms with Crippen molar-refractivity contribution in [2.75, 3.05) is 31.1 Å². The molecule has 0 bridgehead atoms. The third kappa shape index (κ3) is 5.06. The number of hydrogen-bond donors (Lipinski definition) is 0. The Morgan fingerprint density at radius 2 is 1.68 bits per heavy atom. The second-order valence-electron chi connectivity index (χ2n) is 9.69. The van der Waals surface area contributed by atoms with E-state index in [0.29, 0.717) is 37.4 Å². The Hall–Kier alpha value is -3.43. The number of piperidine rings is 1. The Labute approximate surface area is 217 Å². The summed E-state index contributed by atoms with van der Waals surface area (Å²) in [5.41, 5.74) is 4.24. The lowest BCUT2D eigenvalue weighted by molar-refractivity contribution is -0.123. The van der Waals surface area contributed by atoms with Gasteiger partial charge in [0.05, 0.1) is 12.2 Å². The van der Waals surface area contributed by atoms with Crippen molar-refractivity contribution < 1.29 is 22.5 Å². The molecule has 194 valence electrons. The van der Waals surface area contributed by atoms with Gasteiger partial charge in [-0.2, -0.15) is 4.31 Å². The molecular weight excluding hydrogens is 490 g/mol. The Balaban J connectivity index is 1.30. The van der Waals surface area contributed by atoms with Gasteiger partial charge in [-0.3, -0.25) is 4.79 Å². The molecular formula is C28H31N3O5S. The van der Waals surface area contributed by atoms with E-state index in [1.807, 2.05) is 62.4 Å². The number of sulfonamides is 1. The summed E-state index contributed by atoms with van der Waals surface area (Å²) < 4.78 is 39.8. The molecule has 1 saturated heterocycles. The molecule has 8 nitrogen and oxygen atoms in total. The van der Waals surface area contributed by atoms with E-state index >= 15 is 0 Å². The van der Waals surface area contributed by atoms with Gasteiger partial charge < -0.3 is 14.2 Å². The molecule has 1 aromatic heterocycles. The average Bonchev–Trinajstić information content (AvgIpc) is 3.28. The SMILES string of the molecule is Cc1ccc(/C=C/c2onc(C)c2S(=O)(=O)N2CCC(C(=O)N3CCOc4ccc(C)cc43)CC2)cc1. The Morgan fingerprint density at radius 1 is 0.973 bits per heavy atom. The highest BCUT2D eigenvalue weighted by atomic mass is 32.2. The molecule has 1 amide bonds. The van der Waals surface area contributed by atoms with Gasteiger partial charge in [0.2, 0.25) is 15.9 Å². The van der Waals surface area contributed by atoms with Crippen LogP contribution in [0.1, 0.15) is 41.0 Å². The molecule has 37 heavy (non-hydrogen) atoms. The normalized spacial score (nSPS) is 17.1. The number of benzene rings is 2. The number of aryl methyl sites for hydroxylation is 3. The number of carbonyl (C=O) groups excluding carboxylic acids is 1. The topological polar surface area (TPSA) is 93.0 Å². The zero-order valence-corrected chi connectivity index (χ0v) is 22.1. The van der Waals surface area contributed by atoms with Crippen LogP contribution in [-0.2, 0) is 14.8 Å². The van der Waals surface area contributed by atoms with E-state index in [1.165, 1.54) is 4.31 Å². The monoisotopic (exact) mass is 521 g/mol. The molecule has 2 aliphatic heterocycles. The number of nitrogens with zero attached hydrogens (tertiary/aromatic N) is 3. The van der Waals surface area contributed by atoms with E-state index < -0.39 is 10.0 Å². The lowest BCUT2D eigenvalue weighted by atomic mass is 9.96. The van der Waals surface area contributed by atoms with E-state index in [-0.39, 0.29) is 35.6 Å². The van der Waals surface area contributed by atoms with Crippen molar-refractivity contribution in [2.45, 2.75) is 38.5 Å². The van der Waals surface area contributed by atoms with Crippen molar-refractivity contribution >= 4 is 33.8 Å². The highest BCUT2D eigenvalue weighted by Gasteiger charge is 2.38. The molecule has 5 rings (SSSR count). The van der Waals surface area contributed by atoms with Crippen LogP contribution in [0.15, 0.2) is 51.9 Å². The summed E-state index contributed by atoms with van der Waals surface area (Å²) in [5, 5.41) is 3.93. The first-order valence-electron chi connectivity index (χ1n) is 12.5. The highest BCUT2D eigenvalue weighted by Crippen LogP contribution is 2.35. The summed E-state index contributed by atoms with van der Waals surface area (Å²) in [5.74, 6) is 0.688. The van der Waals surface area contributed by atoms with Crippen LogP contribution in [-0.4, -0.2) is 50.0 Å². The Bertz CT molecular complexity index is 1430. The summed E-state index contributed by atoms with van der Waals surface area (Å²) in [6.45, 7) is 7.08. The summed E-state index contributed by atoms with van der Waals surface area (Å²) in [6, 6.07) is 13.7. The van der Waals surface area contributed by atoms with Crippen LogP contribution in [0.4, 0.5) is 5.69 Å². The van der Waals surface area contributed by atoms with Crippen molar-refractivity contribution in [3.05, 3.63) is 70.6 Å². The number of carbonyl (C=O) groups is 1. The Kier molecular flexibility index (Phi) is 6.92. The average molecular weight is 522 g/mol. The molecule has 0 spiro atoms. The van der Waals surface area contributed by atoms with Gasteiger partial charge in [0, 0.05) is 19.0 Å². The largest absolute Gasteiger partial charge is 0.490 e. The predicted molar refractivity (Wildman–Crippen MR) is 142 cm³/mol. The number of hydrogen-bond acceptors (Lipinski definition) is 6. The second kappa shape index (κ2) is 10.1. The maximum atomic E-state index is 13.6.